The van der Waals surface area contributed by atoms with Crippen LogP contribution in [0, 0.1) is 13.8 Å². The minimum atomic E-state index is -0.683. The lowest BCUT2D eigenvalue weighted by atomic mass is 9.95. The highest BCUT2D eigenvalue weighted by Gasteiger charge is 2.44. The van der Waals surface area contributed by atoms with Crippen LogP contribution in [0.5, 0.6) is 5.75 Å². The summed E-state index contributed by atoms with van der Waals surface area (Å²) in [7, 11) is 0. The van der Waals surface area contributed by atoms with Crippen molar-refractivity contribution in [1.29, 1.82) is 0 Å². The maximum atomic E-state index is 13.2. The average molecular weight is 372 g/mol. The number of hydrogen-bond donors (Lipinski definition) is 2. The van der Waals surface area contributed by atoms with E-state index in [0.29, 0.717) is 29.1 Å². The molecule has 0 bridgehead atoms. The highest BCUT2D eigenvalue weighted by atomic mass is 32.1. The van der Waals surface area contributed by atoms with Gasteiger partial charge in [-0.3, -0.25) is 9.59 Å². The van der Waals surface area contributed by atoms with E-state index in [9.17, 15) is 19.8 Å². The lowest BCUT2D eigenvalue weighted by Crippen LogP contribution is -2.31. The molecule has 1 unspecified atom stereocenters. The summed E-state index contributed by atoms with van der Waals surface area (Å²) in [5, 5.41) is 20.8. The molecule has 2 aromatic rings. The van der Waals surface area contributed by atoms with Crippen molar-refractivity contribution in [3.63, 3.8) is 0 Å². The van der Waals surface area contributed by atoms with Crippen LogP contribution in [0.4, 0.5) is 0 Å². The van der Waals surface area contributed by atoms with E-state index < -0.39 is 17.7 Å². The molecule has 0 saturated carbocycles. The third-order valence-electron chi connectivity index (χ3n) is 4.33. The van der Waals surface area contributed by atoms with Gasteiger partial charge in [0.15, 0.2) is 5.76 Å². The highest BCUT2D eigenvalue weighted by molar-refractivity contribution is 7.14. The normalized spacial score (nSPS) is 17.3. The van der Waals surface area contributed by atoms with Crippen LogP contribution in [0.15, 0.2) is 35.6 Å². The summed E-state index contributed by atoms with van der Waals surface area (Å²) in [5.74, 6) is -1.34. The lowest BCUT2D eigenvalue weighted by Gasteiger charge is -2.26. The van der Waals surface area contributed by atoms with Crippen molar-refractivity contribution in [2.75, 3.05) is 6.54 Å². The number of aromatic nitrogens is 1. The van der Waals surface area contributed by atoms with Crippen LogP contribution in [0.3, 0.4) is 0 Å². The number of phenols is 1. The van der Waals surface area contributed by atoms with Crippen molar-refractivity contribution >= 4 is 23.0 Å². The summed E-state index contributed by atoms with van der Waals surface area (Å²) in [6.45, 7) is 5.88. The number of nitrogens with zero attached hydrogens (tertiary/aromatic N) is 2. The summed E-state index contributed by atoms with van der Waals surface area (Å²) in [5.41, 5.74) is 1.32. The predicted molar refractivity (Wildman–Crippen MR) is 98.4 cm³/mol. The van der Waals surface area contributed by atoms with Gasteiger partial charge < -0.3 is 15.1 Å². The second kappa shape index (κ2) is 6.92. The summed E-state index contributed by atoms with van der Waals surface area (Å²) in [6, 6.07) is 5.64. The number of carbonyl (C=O) groups is 2. The zero-order chi connectivity index (χ0) is 19.0. The van der Waals surface area contributed by atoms with Crippen LogP contribution < -0.4 is 0 Å². The van der Waals surface area contributed by atoms with Crippen molar-refractivity contribution in [1.82, 2.24) is 9.88 Å². The zero-order valence-electron chi connectivity index (χ0n) is 14.8. The first kappa shape index (κ1) is 18.1. The molecule has 1 atom stereocenters. The summed E-state index contributed by atoms with van der Waals surface area (Å²) in [6.07, 6.45) is 0.688. The van der Waals surface area contributed by atoms with Crippen LogP contribution >= 0.6 is 11.3 Å². The molecule has 1 aliphatic rings. The second-order valence-corrected chi connectivity index (χ2v) is 7.43. The molecule has 1 aromatic carbocycles. The quantitative estimate of drug-likeness (QED) is 0.785. The summed E-state index contributed by atoms with van der Waals surface area (Å²) < 4.78 is 0. The fourth-order valence-electron chi connectivity index (χ4n) is 3.22. The van der Waals surface area contributed by atoms with E-state index in [-0.39, 0.29) is 17.1 Å². The van der Waals surface area contributed by atoms with E-state index >= 15 is 0 Å². The SMILES string of the molecule is CCCN1C(=O)C(O)=C(C(=O)c2sc(C)nc2C)C1c1ccc(O)cc1. The van der Waals surface area contributed by atoms with E-state index in [2.05, 4.69) is 4.98 Å². The Morgan fingerprint density at radius 3 is 2.42 bits per heavy atom. The van der Waals surface area contributed by atoms with Gasteiger partial charge in [0, 0.05) is 6.54 Å². The van der Waals surface area contributed by atoms with Crippen LogP contribution in [0.1, 0.15) is 45.3 Å². The first-order valence-electron chi connectivity index (χ1n) is 8.36. The molecule has 1 amide bonds. The van der Waals surface area contributed by atoms with Gasteiger partial charge >= 0.3 is 0 Å². The maximum Gasteiger partial charge on any atom is 0.290 e. The van der Waals surface area contributed by atoms with Crippen molar-refractivity contribution in [3.8, 4) is 5.75 Å². The number of hydrogen-bond acceptors (Lipinski definition) is 6. The number of Topliss-reactive ketones (excluding diaryl/α,β-unsaturated/α-hetero) is 1. The van der Waals surface area contributed by atoms with Gasteiger partial charge in [0.2, 0.25) is 5.78 Å². The Morgan fingerprint density at radius 1 is 1.23 bits per heavy atom. The molecule has 7 heteroatoms. The molecule has 3 rings (SSSR count). The Hall–Kier alpha value is -2.67. The zero-order valence-corrected chi connectivity index (χ0v) is 15.6. The predicted octanol–water partition coefficient (Wildman–Crippen LogP) is 3.45. The average Bonchev–Trinajstić information content (AvgIpc) is 3.06. The first-order valence-corrected chi connectivity index (χ1v) is 9.18. The number of benzene rings is 1. The fraction of sp³-hybridized carbons (Fsp3) is 0.316. The molecule has 0 saturated heterocycles. The van der Waals surface area contributed by atoms with E-state index in [1.54, 1.807) is 19.1 Å². The Balaban J connectivity index is 2.12. The Kier molecular flexibility index (Phi) is 4.82. The number of thiazole rings is 1. The fourth-order valence-corrected chi connectivity index (χ4v) is 4.10. The lowest BCUT2D eigenvalue weighted by molar-refractivity contribution is -0.129. The topological polar surface area (TPSA) is 90.7 Å². The number of aryl methyl sites for hydroxylation is 2. The molecule has 0 aliphatic carbocycles. The standard InChI is InChI=1S/C19H20N2O4S/c1-4-9-21-15(12-5-7-13(22)8-6-12)14(17(24)19(21)25)16(23)18-10(2)20-11(3)26-18/h5-8,15,22,24H,4,9H2,1-3H3. The monoisotopic (exact) mass is 372 g/mol. The van der Waals surface area contributed by atoms with Crippen LogP contribution in [-0.4, -0.2) is 38.3 Å². The molecule has 2 N–H and O–H groups in total. The largest absolute Gasteiger partial charge is 0.508 e. The number of phenolic OH excluding ortho intramolecular Hbond substituents is 1. The maximum absolute atomic E-state index is 13.2. The molecule has 1 aromatic heterocycles. The van der Waals surface area contributed by atoms with Crippen molar-refractivity contribution in [2.45, 2.75) is 33.2 Å². The number of rotatable bonds is 5. The van der Waals surface area contributed by atoms with Crippen molar-refractivity contribution in [2.24, 2.45) is 0 Å². The van der Waals surface area contributed by atoms with Gasteiger partial charge in [-0.25, -0.2) is 4.98 Å². The molecule has 0 fully saturated rings. The van der Waals surface area contributed by atoms with Crippen LogP contribution in [-0.2, 0) is 4.79 Å². The first-order chi connectivity index (χ1) is 12.3. The van der Waals surface area contributed by atoms with Gasteiger partial charge in [0.05, 0.1) is 27.2 Å². The number of ketones is 1. The van der Waals surface area contributed by atoms with Gasteiger partial charge in [-0.2, -0.15) is 0 Å². The molecule has 6 nitrogen and oxygen atoms in total. The van der Waals surface area contributed by atoms with E-state index in [1.165, 1.54) is 28.4 Å². The van der Waals surface area contributed by atoms with Crippen molar-refractivity contribution < 1.29 is 19.8 Å². The van der Waals surface area contributed by atoms with Gasteiger partial charge in [0.1, 0.15) is 5.75 Å². The minimum Gasteiger partial charge on any atom is -0.508 e. The minimum absolute atomic E-state index is 0.0703. The Bertz CT molecular complexity index is 899. The molecule has 1 aliphatic heterocycles. The van der Waals surface area contributed by atoms with Crippen LogP contribution in [0.25, 0.3) is 0 Å². The molecule has 136 valence electrons. The number of amides is 1. The van der Waals surface area contributed by atoms with E-state index in [1.807, 2.05) is 13.8 Å². The molecule has 0 spiro atoms. The van der Waals surface area contributed by atoms with Crippen molar-refractivity contribution in [3.05, 3.63) is 56.7 Å². The number of aliphatic hydroxyl groups is 1. The second-order valence-electron chi connectivity index (χ2n) is 6.23. The third-order valence-corrected chi connectivity index (χ3v) is 5.40. The molecular weight excluding hydrogens is 352 g/mol. The molecule has 26 heavy (non-hydrogen) atoms. The number of aliphatic hydroxyl groups excluding tert-OH is 1. The number of aromatic hydroxyl groups is 1. The van der Waals surface area contributed by atoms with Gasteiger partial charge in [0.25, 0.3) is 5.91 Å². The number of carbonyl (C=O) groups excluding carboxylic acids is 2. The van der Waals surface area contributed by atoms with E-state index in [4.69, 9.17) is 0 Å². The van der Waals surface area contributed by atoms with Gasteiger partial charge in [-0.15, -0.1) is 11.3 Å². The highest BCUT2D eigenvalue weighted by Crippen LogP contribution is 2.40. The smallest absolute Gasteiger partial charge is 0.290 e. The Morgan fingerprint density at radius 2 is 1.88 bits per heavy atom. The summed E-state index contributed by atoms with van der Waals surface area (Å²) >= 11 is 1.25. The van der Waals surface area contributed by atoms with Crippen LogP contribution in [0.2, 0.25) is 0 Å². The Labute approximate surface area is 155 Å². The molecule has 0 radical (unpaired) electrons. The van der Waals surface area contributed by atoms with Gasteiger partial charge in [-0.05, 0) is 38.0 Å². The van der Waals surface area contributed by atoms with Gasteiger partial charge in [-0.1, -0.05) is 19.1 Å². The third kappa shape index (κ3) is 2.99. The summed E-state index contributed by atoms with van der Waals surface area (Å²) in [4.78, 5) is 32.0. The molecule has 2 heterocycles. The van der Waals surface area contributed by atoms with E-state index in [0.717, 1.165) is 5.01 Å². The molecular formula is C19H20N2O4S.